The average molecular weight is 427 g/mol. The smallest absolute Gasteiger partial charge is 0.274 e. The van der Waals surface area contributed by atoms with Crippen LogP contribution in [0.4, 0.5) is 4.39 Å². The van der Waals surface area contributed by atoms with Crippen LogP contribution in [0.2, 0.25) is 0 Å². The first-order valence-electron chi connectivity index (χ1n) is 10.0. The van der Waals surface area contributed by atoms with Crippen molar-refractivity contribution in [3.05, 3.63) is 100 Å². The number of benzene rings is 2. The molecule has 2 N–H and O–H groups in total. The number of pyridine rings is 1. The molecule has 1 unspecified atom stereocenters. The van der Waals surface area contributed by atoms with Gasteiger partial charge in [0.25, 0.3) is 11.5 Å². The molecule has 0 fully saturated rings. The van der Waals surface area contributed by atoms with Gasteiger partial charge in [0, 0.05) is 11.5 Å². The summed E-state index contributed by atoms with van der Waals surface area (Å²) in [5, 5.41) is 8.09. The van der Waals surface area contributed by atoms with Gasteiger partial charge < -0.3 is 10.3 Å². The van der Waals surface area contributed by atoms with E-state index in [0.29, 0.717) is 11.4 Å². The molecule has 7 nitrogen and oxygen atoms in total. The molecule has 2 aromatic carbocycles. The van der Waals surface area contributed by atoms with Gasteiger partial charge in [-0.2, -0.15) is 5.10 Å². The lowest BCUT2D eigenvalue weighted by atomic mass is 10.1. The lowest BCUT2D eigenvalue weighted by Crippen LogP contribution is -2.27. The van der Waals surface area contributed by atoms with Gasteiger partial charge in [-0.05, 0) is 36.8 Å². The second-order valence-corrected chi connectivity index (χ2v) is 7.49. The van der Waals surface area contributed by atoms with E-state index >= 15 is 0 Å². The molecule has 0 saturated carbocycles. The van der Waals surface area contributed by atoms with E-state index in [1.54, 1.807) is 25.3 Å². The Labute approximate surface area is 181 Å². The van der Waals surface area contributed by atoms with Gasteiger partial charge in [-0.1, -0.05) is 36.4 Å². The topological polar surface area (TPSA) is 92.1 Å². The Bertz CT molecular complexity index is 1520. The molecule has 3 aromatic heterocycles. The van der Waals surface area contributed by atoms with Crippen molar-refractivity contribution in [3.63, 3.8) is 0 Å². The highest BCUT2D eigenvalue weighted by atomic mass is 19.1. The van der Waals surface area contributed by atoms with Crippen LogP contribution >= 0.6 is 0 Å². The molecule has 3 heterocycles. The Balaban J connectivity index is 1.45. The third-order valence-corrected chi connectivity index (χ3v) is 5.29. The summed E-state index contributed by atoms with van der Waals surface area (Å²) < 4.78 is 14.5. The maximum atomic E-state index is 13.1. The van der Waals surface area contributed by atoms with Crippen molar-refractivity contribution in [1.29, 1.82) is 0 Å². The number of halogens is 1. The molecule has 158 valence electrons. The first kappa shape index (κ1) is 19.6. The normalized spacial score (nSPS) is 12.2. The summed E-state index contributed by atoms with van der Waals surface area (Å²) in [6, 6.07) is 18.4. The zero-order valence-electron chi connectivity index (χ0n) is 17.0. The molecule has 0 radical (unpaired) electrons. The van der Waals surface area contributed by atoms with Crippen molar-refractivity contribution < 1.29 is 9.18 Å². The number of H-pyrrole nitrogens is 1. The van der Waals surface area contributed by atoms with E-state index in [1.165, 1.54) is 22.7 Å². The fourth-order valence-corrected chi connectivity index (χ4v) is 3.57. The molecule has 0 saturated heterocycles. The van der Waals surface area contributed by atoms with Gasteiger partial charge in [-0.15, -0.1) is 0 Å². The van der Waals surface area contributed by atoms with Crippen LogP contribution in [0.3, 0.4) is 0 Å². The van der Waals surface area contributed by atoms with Crippen LogP contribution in [-0.4, -0.2) is 25.5 Å². The largest absolute Gasteiger partial charge is 0.344 e. The van der Waals surface area contributed by atoms with E-state index in [2.05, 4.69) is 20.4 Å². The van der Waals surface area contributed by atoms with Crippen LogP contribution in [0.5, 0.6) is 0 Å². The number of nitrogens with one attached hydrogen (secondary N) is 2. The maximum absolute atomic E-state index is 13.1. The second-order valence-electron chi connectivity index (χ2n) is 7.49. The summed E-state index contributed by atoms with van der Waals surface area (Å²) in [4.78, 5) is 32.7. The van der Waals surface area contributed by atoms with Crippen LogP contribution < -0.4 is 10.9 Å². The number of aromatic amines is 1. The number of rotatable bonds is 4. The maximum Gasteiger partial charge on any atom is 0.274 e. The SMILES string of the molecule is CC(NC(=O)c1cc2c(=O)[nH]c(-c3ccc4ccccc4n3)cn2n1)c1ccc(F)cc1. The number of amides is 1. The van der Waals surface area contributed by atoms with Crippen LogP contribution in [0.1, 0.15) is 29.0 Å². The summed E-state index contributed by atoms with van der Waals surface area (Å²) in [7, 11) is 0. The lowest BCUT2D eigenvalue weighted by molar-refractivity contribution is 0.0934. The van der Waals surface area contributed by atoms with Crippen molar-refractivity contribution in [2.45, 2.75) is 13.0 Å². The Morgan fingerprint density at radius 3 is 2.69 bits per heavy atom. The zero-order chi connectivity index (χ0) is 22.2. The molecule has 32 heavy (non-hydrogen) atoms. The minimum absolute atomic E-state index is 0.105. The van der Waals surface area contributed by atoms with Crippen molar-refractivity contribution >= 4 is 22.3 Å². The number of hydrogen-bond acceptors (Lipinski definition) is 4. The molecule has 0 aliphatic rings. The van der Waals surface area contributed by atoms with Crippen molar-refractivity contribution in [2.24, 2.45) is 0 Å². The predicted octanol–water partition coefficient (Wildman–Crippen LogP) is 3.87. The Kier molecular flexibility index (Phi) is 4.74. The summed E-state index contributed by atoms with van der Waals surface area (Å²) >= 11 is 0. The summed E-state index contributed by atoms with van der Waals surface area (Å²) in [6.07, 6.45) is 1.63. The number of para-hydroxylation sites is 1. The van der Waals surface area contributed by atoms with Crippen molar-refractivity contribution in [3.8, 4) is 11.4 Å². The Morgan fingerprint density at radius 2 is 1.88 bits per heavy atom. The molecular formula is C24H18FN5O2. The summed E-state index contributed by atoms with van der Waals surface area (Å²) in [5.74, 6) is -0.779. The van der Waals surface area contributed by atoms with E-state index in [4.69, 9.17) is 0 Å². The minimum atomic E-state index is -0.435. The molecule has 0 bridgehead atoms. The third kappa shape index (κ3) is 3.62. The molecule has 5 aromatic rings. The van der Waals surface area contributed by atoms with Gasteiger partial charge in [0.2, 0.25) is 0 Å². The van der Waals surface area contributed by atoms with Crippen molar-refractivity contribution in [2.75, 3.05) is 0 Å². The molecule has 0 aliphatic heterocycles. The molecule has 5 rings (SSSR count). The highest BCUT2D eigenvalue weighted by Crippen LogP contribution is 2.19. The first-order chi connectivity index (χ1) is 15.5. The number of carbonyl (C=O) groups excluding carboxylic acids is 1. The quantitative estimate of drug-likeness (QED) is 0.456. The van der Waals surface area contributed by atoms with E-state index < -0.39 is 5.91 Å². The van der Waals surface area contributed by atoms with Gasteiger partial charge >= 0.3 is 0 Å². The number of nitrogens with zero attached hydrogens (tertiary/aromatic N) is 3. The fourth-order valence-electron chi connectivity index (χ4n) is 3.57. The minimum Gasteiger partial charge on any atom is -0.344 e. The molecule has 1 amide bonds. The number of aromatic nitrogens is 4. The lowest BCUT2D eigenvalue weighted by Gasteiger charge is -2.13. The monoisotopic (exact) mass is 427 g/mol. The average Bonchev–Trinajstić information content (AvgIpc) is 3.24. The molecule has 0 spiro atoms. The van der Waals surface area contributed by atoms with Crippen LogP contribution in [0, 0.1) is 5.82 Å². The van der Waals surface area contributed by atoms with E-state index in [-0.39, 0.29) is 28.6 Å². The summed E-state index contributed by atoms with van der Waals surface area (Å²) in [6.45, 7) is 1.79. The van der Waals surface area contributed by atoms with Gasteiger partial charge in [-0.25, -0.2) is 13.9 Å². The zero-order valence-corrected chi connectivity index (χ0v) is 17.0. The number of carbonyl (C=O) groups is 1. The van der Waals surface area contributed by atoms with E-state index in [1.807, 2.05) is 36.4 Å². The van der Waals surface area contributed by atoms with Gasteiger partial charge in [-0.3, -0.25) is 9.59 Å². The molecule has 8 heteroatoms. The van der Waals surface area contributed by atoms with Crippen LogP contribution in [-0.2, 0) is 0 Å². The summed E-state index contributed by atoms with van der Waals surface area (Å²) in [5.41, 5.74) is 2.61. The van der Waals surface area contributed by atoms with Crippen LogP contribution in [0.25, 0.3) is 27.8 Å². The standard InChI is InChI=1S/C24H18FN5O2/c1-14(15-6-9-17(25)10-7-15)26-23(31)20-12-22-24(32)28-21(13-30(22)29-20)19-11-8-16-4-2-3-5-18(16)27-19/h2-14H,1H3,(H,26,31)(H,28,32). The van der Waals surface area contributed by atoms with Gasteiger partial charge in [0.15, 0.2) is 5.69 Å². The molecule has 0 aliphatic carbocycles. The molecule has 1 atom stereocenters. The number of hydrogen-bond donors (Lipinski definition) is 2. The second kappa shape index (κ2) is 7.73. The molecular weight excluding hydrogens is 409 g/mol. The predicted molar refractivity (Wildman–Crippen MR) is 119 cm³/mol. The van der Waals surface area contributed by atoms with Crippen LogP contribution in [0.15, 0.2) is 77.7 Å². The third-order valence-electron chi connectivity index (χ3n) is 5.29. The van der Waals surface area contributed by atoms with Gasteiger partial charge in [0.1, 0.15) is 11.3 Å². The number of fused-ring (bicyclic) bond motifs is 2. The first-order valence-corrected chi connectivity index (χ1v) is 10.0. The fraction of sp³-hybridized carbons (Fsp3) is 0.0833. The highest BCUT2D eigenvalue weighted by molar-refractivity contribution is 5.93. The van der Waals surface area contributed by atoms with E-state index in [9.17, 15) is 14.0 Å². The van der Waals surface area contributed by atoms with Crippen molar-refractivity contribution in [1.82, 2.24) is 24.9 Å². The Hall–Kier alpha value is -4.33. The highest BCUT2D eigenvalue weighted by Gasteiger charge is 2.17. The van der Waals surface area contributed by atoms with Gasteiger partial charge in [0.05, 0.1) is 29.1 Å². The van der Waals surface area contributed by atoms with E-state index in [0.717, 1.165) is 16.5 Å². The Morgan fingerprint density at radius 1 is 1.09 bits per heavy atom.